The Kier molecular flexibility index (Phi) is 7.07. The first-order chi connectivity index (χ1) is 16.1. The molecule has 7 heteroatoms. The lowest BCUT2D eigenvalue weighted by Gasteiger charge is -2.48. The molecule has 0 aliphatic carbocycles. The quantitative estimate of drug-likeness (QED) is 0.429. The summed E-state index contributed by atoms with van der Waals surface area (Å²) in [4.78, 5) is 39.7. The van der Waals surface area contributed by atoms with Crippen LogP contribution < -0.4 is 15.0 Å². The van der Waals surface area contributed by atoms with Gasteiger partial charge in [-0.25, -0.2) is 0 Å². The summed E-state index contributed by atoms with van der Waals surface area (Å²) in [6, 6.07) is 13.8. The zero-order chi connectivity index (χ0) is 23.2. The van der Waals surface area contributed by atoms with Crippen molar-refractivity contribution in [2.45, 2.75) is 50.8 Å². The second-order valence-corrected chi connectivity index (χ2v) is 8.16. The summed E-state index contributed by atoms with van der Waals surface area (Å²) in [6.45, 7) is 0.0843. The van der Waals surface area contributed by atoms with Gasteiger partial charge in [-0.15, -0.1) is 0 Å². The molecule has 0 radical (unpaired) electrons. The van der Waals surface area contributed by atoms with Crippen molar-refractivity contribution in [2.75, 3.05) is 12.0 Å². The number of methoxy groups -OCH3 is 1. The van der Waals surface area contributed by atoms with Crippen molar-refractivity contribution < 1.29 is 23.9 Å². The van der Waals surface area contributed by atoms with E-state index in [-0.39, 0.29) is 30.4 Å². The highest BCUT2D eigenvalue weighted by Crippen LogP contribution is 2.41. The Morgan fingerprint density at radius 3 is 2.52 bits per heavy atom. The van der Waals surface area contributed by atoms with Crippen LogP contribution in [0.2, 0.25) is 0 Å². The number of para-hydroxylation sites is 1. The molecule has 0 spiro atoms. The smallest absolute Gasteiger partial charge is 0.306 e. The largest absolute Gasteiger partial charge is 0.497 e. The molecule has 33 heavy (non-hydrogen) atoms. The van der Waals surface area contributed by atoms with Crippen LogP contribution in [0.25, 0.3) is 0 Å². The fourth-order valence-electron chi connectivity index (χ4n) is 4.20. The summed E-state index contributed by atoms with van der Waals surface area (Å²) < 4.78 is 10.8. The van der Waals surface area contributed by atoms with E-state index < -0.39 is 6.04 Å². The third kappa shape index (κ3) is 5.08. The molecule has 1 N–H and O–H groups in total. The number of nitrogens with zero attached hydrogens (tertiary/aromatic N) is 1. The van der Waals surface area contributed by atoms with Crippen molar-refractivity contribution in [3.05, 3.63) is 71.8 Å². The van der Waals surface area contributed by atoms with Gasteiger partial charge >= 0.3 is 5.97 Å². The molecule has 0 aromatic heterocycles. The van der Waals surface area contributed by atoms with Crippen LogP contribution >= 0.6 is 0 Å². The first-order valence-electron chi connectivity index (χ1n) is 11.2. The lowest BCUT2D eigenvalue weighted by Crippen LogP contribution is -2.66. The number of carbonyl (C=O) groups is 3. The molecule has 2 aliphatic heterocycles. The third-order valence-corrected chi connectivity index (χ3v) is 5.97. The van der Waals surface area contributed by atoms with Gasteiger partial charge in [-0.2, -0.15) is 0 Å². The number of rotatable bonds is 2. The minimum absolute atomic E-state index is 0.0843. The number of β-lactam (4-membered cyclic amide) rings is 1. The monoisotopic (exact) mass is 448 g/mol. The number of esters is 1. The van der Waals surface area contributed by atoms with E-state index in [1.165, 1.54) is 0 Å². The number of fused-ring (bicyclic) bond motifs is 4. The molecule has 7 nitrogen and oxygen atoms in total. The van der Waals surface area contributed by atoms with Gasteiger partial charge in [0.15, 0.2) is 0 Å². The highest BCUT2D eigenvalue weighted by atomic mass is 16.5. The van der Waals surface area contributed by atoms with Crippen LogP contribution in [-0.4, -0.2) is 30.9 Å². The maximum atomic E-state index is 13.3. The summed E-state index contributed by atoms with van der Waals surface area (Å²) in [5, 5.41) is 2.92. The van der Waals surface area contributed by atoms with Gasteiger partial charge in [0.1, 0.15) is 18.4 Å². The second-order valence-electron chi connectivity index (χ2n) is 8.16. The number of ether oxygens (including phenoxy) is 2. The number of nitrogens with one attached hydrogen (secondary N) is 1. The summed E-state index contributed by atoms with van der Waals surface area (Å²) in [6.07, 6.45) is 6.56. The van der Waals surface area contributed by atoms with Gasteiger partial charge in [-0.1, -0.05) is 42.5 Å². The Bertz CT molecular complexity index is 1050. The number of anilines is 1. The predicted octanol–water partition coefficient (Wildman–Crippen LogP) is 3.83. The second kappa shape index (κ2) is 10.3. The van der Waals surface area contributed by atoms with E-state index in [9.17, 15) is 14.4 Å². The molecule has 1 fully saturated rings. The van der Waals surface area contributed by atoms with Crippen molar-refractivity contribution in [2.24, 2.45) is 0 Å². The number of allylic oxidation sites excluding steroid dienone is 2. The number of cyclic esters (lactones) is 1. The Morgan fingerprint density at radius 1 is 0.970 bits per heavy atom. The molecule has 0 saturated carbocycles. The summed E-state index contributed by atoms with van der Waals surface area (Å²) in [5.41, 5.74) is 2.30. The van der Waals surface area contributed by atoms with Crippen molar-refractivity contribution in [1.82, 2.24) is 5.32 Å². The molecule has 2 bridgehead atoms. The summed E-state index contributed by atoms with van der Waals surface area (Å²) in [5.74, 6) is 0.0927. The minimum atomic E-state index is -0.666. The van der Waals surface area contributed by atoms with Crippen molar-refractivity contribution >= 4 is 23.5 Å². The van der Waals surface area contributed by atoms with Crippen molar-refractivity contribution in [3.8, 4) is 5.75 Å². The Balaban J connectivity index is 1.68. The van der Waals surface area contributed by atoms with Crippen LogP contribution in [0.1, 0.15) is 49.3 Å². The van der Waals surface area contributed by atoms with E-state index in [1.54, 1.807) is 12.0 Å². The van der Waals surface area contributed by atoms with E-state index in [2.05, 4.69) is 5.32 Å². The number of amides is 2. The molecule has 1 saturated heterocycles. The van der Waals surface area contributed by atoms with Crippen molar-refractivity contribution in [1.29, 1.82) is 0 Å². The maximum Gasteiger partial charge on any atom is 0.306 e. The van der Waals surface area contributed by atoms with Crippen LogP contribution in [-0.2, 0) is 25.7 Å². The molecule has 2 aliphatic rings. The predicted molar refractivity (Wildman–Crippen MR) is 124 cm³/mol. The van der Waals surface area contributed by atoms with Crippen molar-refractivity contribution in [3.63, 3.8) is 0 Å². The molecule has 2 heterocycles. The van der Waals surface area contributed by atoms with E-state index >= 15 is 0 Å². The van der Waals surface area contributed by atoms with Gasteiger partial charge in [0.05, 0.1) is 18.8 Å². The molecular weight excluding hydrogens is 420 g/mol. The van der Waals surface area contributed by atoms with Crippen LogP contribution in [0, 0.1) is 0 Å². The number of hydrogen-bond acceptors (Lipinski definition) is 5. The third-order valence-electron chi connectivity index (χ3n) is 5.97. The van der Waals surface area contributed by atoms with E-state index in [0.29, 0.717) is 37.1 Å². The zero-order valence-electron chi connectivity index (χ0n) is 18.7. The van der Waals surface area contributed by atoms with E-state index in [0.717, 1.165) is 17.5 Å². The number of carbonyl (C=O) groups excluding carboxylic acids is 3. The zero-order valence-corrected chi connectivity index (χ0v) is 18.7. The van der Waals surface area contributed by atoms with Crippen LogP contribution in [0.4, 0.5) is 5.69 Å². The molecule has 2 amide bonds. The molecule has 2 aromatic rings. The molecule has 172 valence electrons. The van der Waals surface area contributed by atoms with Crippen LogP contribution in [0.5, 0.6) is 5.75 Å². The number of benzene rings is 2. The fourth-order valence-corrected chi connectivity index (χ4v) is 4.20. The van der Waals surface area contributed by atoms with Gasteiger partial charge in [0, 0.05) is 18.4 Å². The Labute approximate surface area is 193 Å². The van der Waals surface area contributed by atoms with Gasteiger partial charge in [0.2, 0.25) is 5.91 Å². The van der Waals surface area contributed by atoms with Gasteiger partial charge in [0.25, 0.3) is 5.91 Å². The highest BCUT2D eigenvalue weighted by molar-refractivity contribution is 6.08. The molecular formula is C26H28N2O5. The molecule has 4 rings (SSSR count). The molecule has 0 unspecified atom stereocenters. The average molecular weight is 449 g/mol. The normalized spacial score (nSPS) is 22.8. The fraction of sp³-hybridized carbons (Fsp3) is 0.346. The van der Waals surface area contributed by atoms with Crippen LogP contribution in [0.3, 0.4) is 0 Å². The Morgan fingerprint density at radius 2 is 1.73 bits per heavy atom. The number of hydrogen-bond donors (Lipinski definition) is 1. The maximum absolute atomic E-state index is 13.3. The molecule has 2 aromatic carbocycles. The van der Waals surface area contributed by atoms with Crippen LogP contribution in [0.15, 0.2) is 60.7 Å². The van der Waals surface area contributed by atoms with E-state index in [1.807, 2.05) is 60.7 Å². The van der Waals surface area contributed by atoms with Gasteiger partial charge in [-0.05, 0) is 43.0 Å². The topological polar surface area (TPSA) is 84.9 Å². The first kappa shape index (κ1) is 22.6. The lowest BCUT2D eigenvalue weighted by atomic mass is 9.86. The summed E-state index contributed by atoms with van der Waals surface area (Å²) in [7, 11) is 1.60. The first-order valence-corrected chi connectivity index (χ1v) is 11.2. The lowest BCUT2D eigenvalue weighted by molar-refractivity contribution is -0.145. The standard InChI is InChI=1S/C26H28N2O5/c1-32-20-15-13-18(14-16-20)25-24-26(31)28(25)21-10-8-7-9-19(21)17-33-23(30)12-6-4-2-3-5-11-22(29)27-24/h2-3,7-10,13-16,24-25H,4-6,11-12,17H2,1H3,(H,27,29)/b3-2+/t24-,25-/m0/s1. The minimum Gasteiger partial charge on any atom is -0.497 e. The highest BCUT2D eigenvalue weighted by Gasteiger charge is 2.50. The van der Waals surface area contributed by atoms with Gasteiger partial charge in [-0.3, -0.25) is 14.4 Å². The molecule has 2 atom stereocenters. The Hall–Kier alpha value is -3.61. The SMILES string of the molecule is COc1ccc([C@H]2[C@@H]3NC(=O)CC/C=C/CCCC(=O)OCc4ccccc4N2C3=O)cc1. The average Bonchev–Trinajstić information content (AvgIpc) is 2.84. The van der Waals surface area contributed by atoms with E-state index in [4.69, 9.17) is 9.47 Å². The van der Waals surface area contributed by atoms with Gasteiger partial charge < -0.3 is 19.7 Å². The summed E-state index contributed by atoms with van der Waals surface area (Å²) >= 11 is 0.